The predicted octanol–water partition coefficient (Wildman–Crippen LogP) is 3.15. The molecule has 1 aliphatic rings. The van der Waals surface area contributed by atoms with Crippen LogP contribution in [0.25, 0.3) is 11.3 Å². The molecule has 112 valence electrons. The highest BCUT2D eigenvalue weighted by molar-refractivity contribution is 9.10. The van der Waals surface area contributed by atoms with E-state index in [-0.39, 0.29) is 6.04 Å². The summed E-state index contributed by atoms with van der Waals surface area (Å²) in [6.07, 6.45) is 0.737. The Bertz CT molecular complexity index is 630. The van der Waals surface area contributed by atoms with E-state index in [0.717, 1.165) is 33.0 Å². The van der Waals surface area contributed by atoms with Crippen LogP contribution in [0.1, 0.15) is 6.42 Å². The van der Waals surface area contributed by atoms with Crippen LogP contribution in [-0.4, -0.2) is 39.2 Å². The second kappa shape index (κ2) is 5.89. The quantitative estimate of drug-likeness (QED) is 0.793. The van der Waals surface area contributed by atoms with Crippen LogP contribution < -0.4 is 4.90 Å². The van der Waals surface area contributed by atoms with Gasteiger partial charge in [0.1, 0.15) is 0 Å². The molecule has 1 aliphatic heterocycles. The monoisotopic (exact) mass is 386 g/mol. The van der Waals surface area contributed by atoms with Crippen molar-refractivity contribution in [1.29, 1.82) is 0 Å². The molecular formula is C14H15BrN2O2S2. The Hall–Kier alpha value is -0.600. The van der Waals surface area contributed by atoms with E-state index in [4.69, 9.17) is 0 Å². The van der Waals surface area contributed by atoms with Gasteiger partial charge in [0.25, 0.3) is 0 Å². The molecule has 7 heteroatoms. The number of hydrogen-bond acceptors (Lipinski definition) is 6. The Morgan fingerprint density at radius 2 is 2.05 bits per heavy atom. The van der Waals surface area contributed by atoms with Crippen LogP contribution in [0.3, 0.4) is 0 Å². The Morgan fingerprint density at radius 3 is 2.67 bits per heavy atom. The summed E-state index contributed by atoms with van der Waals surface area (Å²) >= 11 is 6.11. The van der Waals surface area contributed by atoms with Crippen molar-refractivity contribution < 1.29 is 10.2 Å². The lowest BCUT2D eigenvalue weighted by atomic mass is 10.2. The zero-order chi connectivity index (χ0) is 15.0. The van der Waals surface area contributed by atoms with Crippen LogP contribution in [0.15, 0.2) is 34.1 Å². The van der Waals surface area contributed by atoms with Gasteiger partial charge in [0, 0.05) is 28.2 Å². The van der Waals surface area contributed by atoms with Crippen LogP contribution in [0.5, 0.6) is 0 Å². The highest BCUT2D eigenvalue weighted by atomic mass is 79.9. The number of likely N-dealkylation sites (N-methyl/N-ethyl adjacent to an activating group) is 1. The van der Waals surface area contributed by atoms with Gasteiger partial charge in [-0.05, 0) is 18.6 Å². The summed E-state index contributed by atoms with van der Waals surface area (Å²) in [6.45, 7) is 0. The Kier molecular flexibility index (Phi) is 4.29. The lowest BCUT2D eigenvalue weighted by Gasteiger charge is -2.31. The standard InChI is InChI=1S/C14H15BrN2O2S2/c1-17(12-6-7-21-14(12,18)19)13-16-11(8-20-13)9-2-4-10(15)5-3-9/h2-5,8,12,18-19H,6-7H2,1H3. The predicted molar refractivity (Wildman–Crippen MR) is 91.7 cm³/mol. The fourth-order valence-electron chi connectivity index (χ4n) is 2.36. The molecular weight excluding hydrogens is 372 g/mol. The van der Waals surface area contributed by atoms with Crippen LogP contribution in [0.2, 0.25) is 0 Å². The molecule has 1 aromatic carbocycles. The van der Waals surface area contributed by atoms with Crippen molar-refractivity contribution >= 4 is 44.2 Å². The number of thioether (sulfide) groups is 1. The molecule has 21 heavy (non-hydrogen) atoms. The zero-order valence-electron chi connectivity index (χ0n) is 11.4. The highest BCUT2D eigenvalue weighted by Crippen LogP contribution is 2.39. The molecule has 1 unspecified atom stereocenters. The van der Waals surface area contributed by atoms with E-state index in [9.17, 15) is 10.2 Å². The number of rotatable bonds is 3. The first kappa shape index (κ1) is 15.3. The molecule has 2 aromatic rings. The third-order valence-corrected chi connectivity index (χ3v) is 6.14. The van der Waals surface area contributed by atoms with Gasteiger partial charge in [0.15, 0.2) is 5.13 Å². The number of hydrogen-bond donors (Lipinski definition) is 2. The van der Waals surface area contributed by atoms with E-state index in [1.807, 2.05) is 41.6 Å². The molecule has 4 nitrogen and oxygen atoms in total. The number of halogens is 1. The second-order valence-electron chi connectivity index (χ2n) is 4.94. The minimum absolute atomic E-state index is 0.327. The van der Waals surface area contributed by atoms with Crippen LogP contribution in [0.4, 0.5) is 5.13 Å². The lowest BCUT2D eigenvalue weighted by Crippen LogP contribution is -2.46. The number of anilines is 1. The largest absolute Gasteiger partial charge is 0.356 e. The van der Waals surface area contributed by atoms with Crippen molar-refractivity contribution in [1.82, 2.24) is 4.98 Å². The highest BCUT2D eigenvalue weighted by Gasteiger charge is 2.43. The fourth-order valence-corrected chi connectivity index (χ4v) is 4.59. The van der Waals surface area contributed by atoms with Gasteiger partial charge < -0.3 is 15.1 Å². The van der Waals surface area contributed by atoms with Crippen molar-refractivity contribution in [2.24, 2.45) is 0 Å². The van der Waals surface area contributed by atoms with Gasteiger partial charge in [-0.15, -0.1) is 11.3 Å². The first-order valence-corrected chi connectivity index (χ1v) is 9.16. The van der Waals surface area contributed by atoms with E-state index in [1.54, 1.807) is 0 Å². The average Bonchev–Trinajstić information content (AvgIpc) is 3.05. The molecule has 2 N–H and O–H groups in total. The summed E-state index contributed by atoms with van der Waals surface area (Å²) in [5.74, 6) is 0.743. The summed E-state index contributed by atoms with van der Waals surface area (Å²) in [4.78, 5) is 6.49. The summed E-state index contributed by atoms with van der Waals surface area (Å²) in [5.41, 5.74) is 1.95. The maximum absolute atomic E-state index is 9.99. The van der Waals surface area contributed by atoms with E-state index in [2.05, 4.69) is 20.9 Å². The molecule has 1 fully saturated rings. The maximum atomic E-state index is 9.99. The van der Waals surface area contributed by atoms with Gasteiger partial charge in [-0.25, -0.2) is 4.98 Å². The van der Waals surface area contributed by atoms with E-state index in [0.29, 0.717) is 0 Å². The van der Waals surface area contributed by atoms with Crippen LogP contribution in [0, 0.1) is 0 Å². The molecule has 1 saturated heterocycles. The summed E-state index contributed by atoms with van der Waals surface area (Å²) in [5, 5.41) is 21.1. The fraction of sp³-hybridized carbons (Fsp3) is 0.357. The molecule has 0 spiro atoms. The van der Waals surface area contributed by atoms with E-state index < -0.39 is 5.12 Å². The molecule has 0 radical (unpaired) electrons. The lowest BCUT2D eigenvalue weighted by molar-refractivity contribution is -0.0887. The molecule has 0 aliphatic carbocycles. The molecule has 0 saturated carbocycles. The van der Waals surface area contributed by atoms with Gasteiger partial charge in [0.2, 0.25) is 5.12 Å². The molecule has 1 atom stereocenters. The topological polar surface area (TPSA) is 56.6 Å². The number of benzene rings is 1. The van der Waals surface area contributed by atoms with Gasteiger partial charge in [-0.2, -0.15) is 0 Å². The summed E-state index contributed by atoms with van der Waals surface area (Å²) in [6, 6.07) is 7.66. The smallest absolute Gasteiger partial charge is 0.234 e. The van der Waals surface area contributed by atoms with Crippen molar-refractivity contribution in [2.45, 2.75) is 17.6 Å². The minimum Gasteiger partial charge on any atom is -0.356 e. The number of thiazole rings is 1. The Balaban J connectivity index is 1.83. The summed E-state index contributed by atoms with van der Waals surface area (Å²) < 4.78 is 1.03. The van der Waals surface area contributed by atoms with Crippen LogP contribution in [-0.2, 0) is 0 Å². The summed E-state index contributed by atoms with van der Waals surface area (Å²) in [7, 11) is 1.86. The van der Waals surface area contributed by atoms with Gasteiger partial charge in [-0.3, -0.25) is 0 Å². The average molecular weight is 387 g/mol. The van der Waals surface area contributed by atoms with Gasteiger partial charge in [0.05, 0.1) is 11.7 Å². The minimum atomic E-state index is -1.70. The molecule has 0 amide bonds. The molecule has 1 aromatic heterocycles. The SMILES string of the molecule is CN(c1nc(-c2ccc(Br)cc2)cs1)C1CCSC1(O)O. The zero-order valence-corrected chi connectivity index (χ0v) is 14.6. The third kappa shape index (κ3) is 3.12. The first-order valence-electron chi connectivity index (χ1n) is 6.50. The Morgan fingerprint density at radius 1 is 1.33 bits per heavy atom. The van der Waals surface area contributed by atoms with Crippen molar-refractivity contribution in [3.05, 3.63) is 34.1 Å². The van der Waals surface area contributed by atoms with Crippen molar-refractivity contribution in [2.75, 3.05) is 17.7 Å². The van der Waals surface area contributed by atoms with Gasteiger partial charge >= 0.3 is 0 Å². The molecule has 3 rings (SSSR count). The second-order valence-corrected chi connectivity index (χ2v) is 7.99. The van der Waals surface area contributed by atoms with Crippen molar-refractivity contribution in [3.8, 4) is 11.3 Å². The molecule has 2 heterocycles. The normalized spacial score (nSPS) is 20.7. The van der Waals surface area contributed by atoms with E-state index >= 15 is 0 Å². The third-order valence-electron chi connectivity index (χ3n) is 3.54. The first-order chi connectivity index (χ1) is 9.97. The van der Waals surface area contributed by atoms with Crippen LogP contribution >= 0.6 is 39.0 Å². The van der Waals surface area contributed by atoms with Crippen molar-refractivity contribution in [3.63, 3.8) is 0 Å². The van der Waals surface area contributed by atoms with Gasteiger partial charge in [-0.1, -0.05) is 39.8 Å². The Labute approximate surface area is 140 Å². The molecule has 0 bridgehead atoms. The number of aliphatic hydroxyl groups is 2. The number of aromatic nitrogens is 1. The van der Waals surface area contributed by atoms with E-state index in [1.165, 1.54) is 23.1 Å². The number of nitrogens with zero attached hydrogens (tertiary/aromatic N) is 2. The maximum Gasteiger partial charge on any atom is 0.234 e.